The summed E-state index contributed by atoms with van der Waals surface area (Å²) in [6.07, 6.45) is 4.09. The van der Waals surface area contributed by atoms with Crippen LogP contribution in [0.5, 0.6) is 5.75 Å². The van der Waals surface area contributed by atoms with E-state index >= 15 is 0 Å². The van der Waals surface area contributed by atoms with Gasteiger partial charge >= 0.3 is 0 Å². The molecule has 0 saturated carbocycles. The average Bonchev–Trinajstić information content (AvgIpc) is 3.00. The molecule has 0 radical (unpaired) electrons. The van der Waals surface area contributed by atoms with Gasteiger partial charge in [-0.25, -0.2) is 0 Å². The van der Waals surface area contributed by atoms with Crippen molar-refractivity contribution in [1.82, 2.24) is 20.5 Å². The van der Waals surface area contributed by atoms with Crippen LogP contribution >= 0.6 is 0 Å². The minimum atomic E-state index is -0.933. The number of hydrogen-bond donors (Lipinski definition) is 3. The zero-order valence-electron chi connectivity index (χ0n) is 26.2. The monoisotopic (exact) mass is 602 g/mol. The molecule has 0 unspecified atom stereocenters. The number of para-hydroxylation sites is 1. The molecule has 44 heavy (non-hydrogen) atoms. The van der Waals surface area contributed by atoms with Crippen LogP contribution in [0.25, 0.3) is 0 Å². The Bertz CT molecular complexity index is 1330. The van der Waals surface area contributed by atoms with E-state index in [1.165, 1.54) is 0 Å². The molecule has 2 amide bonds. The third kappa shape index (κ3) is 10.4. The summed E-state index contributed by atoms with van der Waals surface area (Å²) in [5.74, 6) is 0.222. The lowest BCUT2D eigenvalue weighted by molar-refractivity contribution is -0.134. The van der Waals surface area contributed by atoms with Crippen molar-refractivity contribution in [3.63, 3.8) is 0 Å². The SMILES string of the molecule is Cc1ccccc1OCC(=O)N[C@@H](Cc1ccccc1)[C@H](O)CN1CC[C@@H](OCc2ccncc2)C[C@H]1C(=O)NC(C)(C)C. The van der Waals surface area contributed by atoms with E-state index in [0.29, 0.717) is 31.7 Å². The lowest BCUT2D eigenvalue weighted by atomic mass is 9.95. The van der Waals surface area contributed by atoms with Gasteiger partial charge < -0.3 is 25.2 Å². The molecule has 1 aliphatic rings. The topological polar surface area (TPSA) is 113 Å². The van der Waals surface area contributed by atoms with Crippen LogP contribution in [0.3, 0.4) is 0 Å². The molecule has 3 aromatic rings. The summed E-state index contributed by atoms with van der Waals surface area (Å²) in [5, 5.41) is 17.7. The minimum Gasteiger partial charge on any atom is -0.484 e. The van der Waals surface area contributed by atoms with Crippen molar-refractivity contribution in [3.05, 3.63) is 95.8 Å². The number of ether oxygens (including phenoxy) is 2. The van der Waals surface area contributed by atoms with Crippen molar-refractivity contribution in [1.29, 1.82) is 0 Å². The van der Waals surface area contributed by atoms with Gasteiger partial charge in [0.2, 0.25) is 5.91 Å². The first-order chi connectivity index (χ1) is 21.1. The molecular weight excluding hydrogens is 556 g/mol. The molecule has 9 heteroatoms. The van der Waals surface area contributed by atoms with Crippen molar-refractivity contribution in [2.75, 3.05) is 19.7 Å². The number of piperidine rings is 1. The van der Waals surface area contributed by atoms with Gasteiger partial charge in [-0.2, -0.15) is 0 Å². The number of aliphatic hydroxyl groups excluding tert-OH is 1. The lowest BCUT2D eigenvalue weighted by Crippen LogP contribution is -2.59. The molecule has 1 aromatic heterocycles. The Morgan fingerprint density at radius 3 is 2.43 bits per heavy atom. The highest BCUT2D eigenvalue weighted by Gasteiger charge is 2.37. The number of hydrogen-bond acceptors (Lipinski definition) is 7. The molecule has 1 fully saturated rings. The Kier molecular flexibility index (Phi) is 11.9. The van der Waals surface area contributed by atoms with Gasteiger partial charge in [0.15, 0.2) is 6.61 Å². The smallest absolute Gasteiger partial charge is 0.258 e. The Morgan fingerprint density at radius 2 is 1.73 bits per heavy atom. The second kappa shape index (κ2) is 15.8. The molecule has 236 valence electrons. The van der Waals surface area contributed by atoms with Crippen LogP contribution in [0, 0.1) is 6.92 Å². The highest BCUT2D eigenvalue weighted by molar-refractivity contribution is 5.82. The number of aromatic nitrogens is 1. The maximum Gasteiger partial charge on any atom is 0.258 e. The number of rotatable bonds is 13. The number of carbonyl (C=O) groups is 2. The maximum atomic E-state index is 13.5. The van der Waals surface area contributed by atoms with E-state index in [9.17, 15) is 14.7 Å². The van der Waals surface area contributed by atoms with Crippen molar-refractivity contribution in [3.8, 4) is 5.75 Å². The molecule has 0 bridgehead atoms. The van der Waals surface area contributed by atoms with Crippen LogP contribution in [0.2, 0.25) is 0 Å². The van der Waals surface area contributed by atoms with Gasteiger partial charge in [0, 0.05) is 31.0 Å². The van der Waals surface area contributed by atoms with E-state index in [4.69, 9.17) is 9.47 Å². The van der Waals surface area contributed by atoms with Crippen LogP contribution in [0.15, 0.2) is 79.1 Å². The first kappa shape index (κ1) is 33.1. The standard InChI is InChI=1S/C35H46N4O5/c1-25-10-8-9-13-32(25)44-24-33(41)37-29(20-26-11-6-5-7-12-26)31(40)22-39-19-16-28(43-23-27-14-17-36-18-15-27)21-30(39)34(42)38-35(2,3)4/h5-15,17-18,28-31,40H,16,19-24H2,1-4H3,(H,37,41)(H,38,42)/t28-,29+,30+,31-/m1/s1. The van der Waals surface area contributed by atoms with Crippen molar-refractivity contribution >= 4 is 11.8 Å². The van der Waals surface area contributed by atoms with Gasteiger partial charge in [0.25, 0.3) is 5.91 Å². The van der Waals surface area contributed by atoms with Gasteiger partial charge in [-0.3, -0.25) is 19.5 Å². The number of aryl methyl sites for hydroxylation is 1. The van der Waals surface area contributed by atoms with Crippen LogP contribution in [0.4, 0.5) is 0 Å². The molecule has 4 rings (SSSR count). The predicted octanol–water partition coefficient (Wildman–Crippen LogP) is 3.82. The number of benzene rings is 2. The Hall–Kier alpha value is -3.79. The predicted molar refractivity (Wildman–Crippen MR) is 170 cm³/mol. The van der Waals surface area contributed by atoms with Gasteiger partial charge in [-0.15, -0.1) is 0 Å². The quantitative estimate of drug-likeness (QED) is 0.273. The minimum absolute atomic E-state index is 0.0998. The fraction of sp³-hybridized carbons (Fsp3) is 0.457. The fourth-order valence-corrected chi connectivity index (χ4v) is 5.40. The molecule has 0 spiro atoms. The molecule has 2 aromatic carbocycles. The van der Waals surface area contributed by atoms with Crippen LogP contribution < -0.4 is 15.4 Å². The second-order valence-electron chi connectivity index (χ2n) is 12.5. The van der Waals surface area contributed by atoms with Crippen molar-refractivity contribution in [2.45, 2.75) is 83.4 Å². The van der Waals surface area contributed by atoms with E-state index in [1.54, 1.807) is 12.4 Å². The highest BCUT2D eigenvalue weighted by Crippen LogP contribution is 2.24. The summed E-state index contributed by atoms with van der Waals surface area (Å²) in [6, 6.07) is 20.0. The zero-order valence-corrected chi connectivity index (χ0v) is 26.2. The summed E-state index contributed by atoms with van der Waals surface area (Å²) in [6.45, 7) is 8.85. The number of pyridine rings is 1. The van der Waals surface area contributed by atoms with Crippen LogP contribution in [-0.4, -0.2) is 76.3 Å². The summed E-state index contributed by atoms with van der Waals surface area (Å²) < 4.78 is 12.0. The zero-order chi connectivity index (χ0) is 31.5. The van der Waals surface area contributed by atoms with E-state index in [1.807, 2.05) is 99.3 Å². The van der Waals surface area contributed by atoms with Gasteiger partial charge in [-0.1, -0.05) is 48.5 Å². The molecule has 0 aliphatic carbocycles. The summed E-state index contributed by atoms with van der Waals surface area (Å²) in [5.41, 5.74) is 2.54. The molecule has 3 N–H and O–H groups in total. The average molecular weight is 603 g/mol. The largest absolute Gasteiger partial charge is 0.484 e. The second-order valence-corrected chi connectivity index (χ2v) is 12.5. The Morgan fingerprint density at radius 1 is 1.02 bits per heavy atom. The number of β-amino-alcohol motifs (C(OH)–C–C–N with tert-alkyl or cyclic N) is 1. The number of amides is 2. The highest BCUT2D eigenvalue weighted by atomic mass is 16.5. The Labute approximate surface area is 261 Å². The van der Waals surface area contributed by atoms with Gasteiger partial charge in [-0.05, 0) is 81.8 Å². The number of aliphatic hydroxyl groups is 1. The molecular formula is C35H46N4O5. The third-order valence-electron chi connectivity index (χ3n) is 7.68. The van der Waals surface area contributed by atoms with Crippen LogP contribution in [-0.2, 0) is 27.4 Å². The van der Waals surface area contributed by atoms with E-state index in [0.717, 1.165) is 23.1 Å². The fourth-order valence-electron chi connectivity index (χ4n) is 5.40. The number of nitrogens with one attached hydrogen (secondary N) is 2. The summed E-state index contributed by atoms with van der Waals surface area (Å²) in [7, 11) is 0. The van der Waals surface area contributed by atoms with Gasteiger partial charge in [0.1, 0.15) is 5.75 Å². The molecule has 1 aliphatic heterocycles. The number of carbonyl (C=O) groups excluding carboxylic acids is 2. The first-order valence-electron chi connectivity index (χ1n) is 15.3. The van der Waals surface area contributed by atoms with E-state index < -0.39 is 23.7 Å². The van der Waals surface area contributed by atoms with Gasteiger partial charge in [0.05, 0.1) is 30.9 Å². The van der Waals surface area contributed by atoms with Crippen molar-refractivity contribution in [2.24, 2.45) is 0 Å². The third-order valence-corrected chi connectivity index (χ3v) is 7.68. The number of likely N-dealkylation sites (tertiary alicyclic amines) is 1. The van der Waals surface area contributed by atoms with Crippen molar-refractivity contribution < 1.29 is 24.2 Å². The maximum absolute atomic E-state index is 13.5. The number of nitrogens with zero attached hydrogens (tertiary/aromatic N) is 2. The Balaban J connectivity index is 1.44. The van der Waals surface area contributed by atoms with E-state index in [2.05, 4.69) is 15.6 Å². The molecule has 2 heterocycles. The van der Waals surface area contributed by atoms with E-state index in [-0.39, 0.29) is 31.1 Å². The molecule has 4 atom stereocenters. The van der Waals surface area contributed by atoms with Crippen LogP contribution in [0.1, 0.15) is 50.3 Å². The first-order valence-corrected chi connectivity index (χ1v) is 15.3. The lowest BCUT2D eigenvalue weighted by Gasteiger charge is -2.41. The summed E-state index contributed by atoms with van der Waals surface area (Å²) in [4.78, 5) is 32.6. The molecule has 9 nitrogen and oxygen atoms in total. The molecule has 1 saturated heterocycles. The summed E-state index contributed by atoms with van der Waals surface area (Å²) >= 11 is 0. The normalized spacial score (nSPS) is 18.7.